The summed E-state index contributed by atoms with van der Waals surface area (Å²) in [5.74, 6) is 0.384. The largest absolute Gasteiger partial charge is 0.354 e. The molecule has 2 aromatic rings. The predicted molar refractivity (Wildman–Crippen MR) is 107 cm³/mol. The van der Waals surface area contributed by atoms with Crippen LogP contribution in [0.5, 0.6) is 0 Å². The van der Waals surface area contributed by atoms with Crippen LogP contribution in [0.25, 0.3) is 5.69 Å². The summed E-state index contributed by atoms with van der Waals surface area (Å²) in [4.78, 5) is 14.7. The van der Waals surface area contributed by atoms with Crippen LogP contribution >= 0.6 is 0 Å². The molecular formula is C22H30N4O. The average molecular weight is 367 g/mol. The van der Waals surface area contributed by atoms with Gasteiger partial charge in [0, 0.05) is 24.2 Å². The van der Waals surface area contributed by atoms with E-state index in [-0.39, 0.29) is 17.9 Å². The molecule has 0 spiro atoms. The van der Waals surface area contributed by atoms with Crippen molar-refractivity contribution in [2.75, 3.05) is 13.1 Å². The van der Waals surface area contributed by atoms with E-state index in [4.69, 9.17) is 5.10 Å². The molecule has 0 bridgehead atoms. The highest BCUT2D eigenvalue weighted by atomic mass is 16.1. The molecule has 1 aliphatic heterocycles. The lowest BCUT2D eigenvalue weighted by Crippen LogP contribution is -2.42. The highest BCUT2D eigenvalue weighted by molar-refractivity contribution is 5.78. The van der Waals surface area contributed by atoms with Gasteiger partial charge in [-0.15, -0.1) is 0 Å². The topological polar surface area (TPSA) is 50.2 Å². The lowest BCUT2D eigenvalue weighted by Gasteiger charge is -2.31. The van der Waals surface area contributed by atoms with E-state index < -0.39 is 0 Å². The first-order valence-electron chi connectivity index (χ1n) is 10.3. The molecular weight excluding hydrogens is 336 g/mol. The molecule has 27 heavy (non-hydrogen) atoms. The van der Waals surface area contributed by atoms with E-state index in [0.717, 1.165) is 51.0 Å². The number of amides is 1. The van der Waals surface area contributed by atoms with Gasteiger partial charge in [-0.2, -0.15) is 5.10 Å². The van der Waals surface area contributed by atoms with E-state index in [1.54, 1.807) is 0 Å². The minimum absolute atomic E-state index is 0.163. The van der Waals surface area contributed by atoms with Gasteiger partial charge in [-0.05, 0) is 76.7 Å². The van der Waals surface area contributed by atoms with Crippen molar-refractivity contribution in [1.82, 2.24) is 20.0 Å². The van der Waals surface area contributed by atoms with Gasteiger partial charge in [0.25, 0.3) is 0 Å². The molecule has 0 saturated carbocycles. The molecule has 1 aliphatic carbocycles. The van der Waals surface area contributed by atoms with Gasteiger partial charge in [-0.1, -0.05) is 18.2 Å². The molecule has 0 atom stereocenters. The van der Waals surface area contributed by atoms with Crippen LogP contribution in [-0.4, -0.2) is 39.7 Å². The number of para-hydroxylation sites is 1. The van der Waals surface area contributed by atoms with Crippen molar-refractivity contribution in [3.63, 3.8) is 0 Å². The van der Waals surface area contributed by atoms with Crippen LogP contribution in [0.1, 0.15) is 50.1 Å². The van der Waals surface area contributed by atoms with E-state index in [0.29, 0.717) is 0 Å². The molecule has 5 nitrogen and oxygen atoms in total. The lowest BCUT2D eigenvalue weighted by molar-refractivity contribution is -0.127. The number of aromatic nitrogens is 2. The number of hydrogen-bond donors (Lipinski definition) is 1. The number of piperidine rings is 1. The Balaban J connectivity index is 1.43. The molecule has 0 radical (unpaired) electrons. The zero-order chi connectivity index (χ0) is 18.8. The standard InChI is InChI=1S/C22H30N4O/c1-16(2)23-22(27)17-11-13-25(14-12-17)15-20-19-9-6-10-21(19)26(24-20)18-7-4-3-5-8-18/h3-5,7-8,16-17H,6,9-15H2,1-2H3,(H,23,27). The monoisotopic (exact) mass is 366 g/mol. The Kier molecular flexibility index (Phi) is 5.30. The van der Waals surface area contributed by atoms with E-state index in [9.17, 15) is 4.79 Å². The van der Waals surface area contributed by atoms with Gasteiger partial charge in [-0.3, -0.25) is 9.69 Å². The van der Waals surface area contributed by atoms with Gasteiger partial charge in [0.05, 0.1) is 11.4 Å². The second-order valence-electron chi connectivity index (χ2n) is 8.19. The molecule has 1 saturated heterocycles. The third kappa shape index (κ3) is 3.93. The summed E-state index contributed by atoms with van der Waals surface area (Å²) in [5, 5.41) is 8.04. The first-order valence-corrected chi connectivity index (χ1v) is 10.3. The van der Waals surface area contributed by atoms with Gasteiger partial charge in [0.1, 0.15) is 0 Å². The highest BCUT2D eigenvalue weighted by Crippen LogP contribution is 2.29. The second kappa shape index (κ2) is 7.85. The van der Waals surface area contributed by atoms with Crippen LogP contribution in [0.3, 0.4) is 0 Å². The van der Waals surface area contributed by atoms with Crippen molar-refractivity contribution < 1.29 is 4.79 Å². The first-order chi connectivity index (χ1) is 13.1. The van der Waals surface area contributed by atoms with E-state index >= 15 is 0 Å². The summed E-state index contributed by atoms with van der Waals surface area (Å²) in [6.07, 6.45) is 5.38. The van der Waals surface area contributed by atoms with Gasteiger partial charge in [0.2, 0.25) is 5.91 Å². The molecule has 4 rings (SSSR count). The van der Waals surface area contributed by atoms with Crippen LogP contribution in [0.15, 0.2) is 30.3 Å². The Morgan fingerprint density at radius 1 is 1.19 bits per heavy atom. The third-order valence-corrected chi connectivity index (χ3v) is 5.78. The Hall–Kier alpha value is -2.14. The fourth-order valence-electron chi connectivity index (χ4n) is 4.39. The van der Waals surface area contributed by atoms with E-state index in [2.05, 4.69) is 39.2 Å². The zero-order valence-corrected chi connectivity index (χ0v) is 16.4. The molecule has 1 fully saturated rings. The average Bonchev–Trinajstić information content (AvgIpc) is 3.26. The van der Waals surface area contributed by atoms with Crippen LogP contribution < -0.4 is 5.32 Å². The maximum Gasteiger partial charge on any atom is 0.223 e. The fraction of sp³-hybridized carbons (Fsp3) is 0.545. The quantitative estimate of drug-likeness (QED) is 0.885. The first kappa shape index (κ1) is 18.2. The summed E-state index contributed by atoms with van der Waals surface area (Å²) >= 11 is 0. The number of carbonyl (C=O) groups is 1. The number of likely N-dealkylation sites (tertiary alicyclic amines) is 1. The van der Waals surface area contributed by atoms with Crippen molar-refractivity contribution in [1.29, 1.82) is 0 Å². The zero-order valence-electron chi connectivity index (χ0n) is 16.4. The summed E-state index contributed by atoms with van der Waals surface area (Å²) in [6, 6.07) is 10.7. The maximum absolute atomic E-state index is 12.2. The summed E-state index contributed by atoms with van der Waals surface area (Å²) in [5.41, 5.74) is 5.24. The molecule has 1 N–H and O–H groups in total. The van der Waals surface area contributed by atoms with Crippen LogP contribution in [0.2, 0.25) is 0 Å². The maximum atomic E-state index is 12.2. The fourth-order valence-corrected chi connectivity index (χ4v) is 4.39. The molecule has 5 heteroatoms. The van der Waals surface area contributed by atoms with Crippen molar-refractivity contribution >= 4 is 5.91 Å². The number of nitrogens with one attached hydrogen (secondary N) is 1. The Labute approximate surface area is 161 Å². The number of hydrogen-bond acceptors (Lipinski definition) is 3. The second-order valence-corrected chi connectivity index (χ2v) is 8.19. The van der Waals surface area contributed by atoms with Crippen molar-refractivity contribution in [2.24, 2.45) is 5.92 Å². The Morgan fingerprint density at radius 2 is 1.93 bits per heavy atom. The number of carbonyl (C=O) groups excluding carboxylic acids is 1. The molecule has 2 aliphatic rings. The predicted octanol–water partition coefficient (Wildman–Crippen LogP) is 3.10. The number of rotatable bonds is 5. The molecule has 1 aromatic heterocycles. The molecule has 1 aromatic carbocycles. The normalized spacial score (nSPS) is 18.0. The minimum Gasteiger partial charge on any atom is -0.354 e. The molecule has 144 valence electrons. The minimum atomic E-state index is 0.163. The van der Waals surface area contributed by atoms with Crippen LogP contribution in [0.4, 0.5) is 0 Å². The lowest BCUT2D eigenvalue weighted by atomic mass is 9.95. The van der Waals surface area contributed by atoms with Crippen molar-refractivity contribution in [3.8, 4) is 5.69 Å². The summed E-state index contributed by atoms with van der Waals surface area (Å²) in [7, 11) is 0. The Bertz CT molecular complexity index is 788. The van der Waals surface area contributed by atoms with Crippen LogP contribution in [-0.2, 0) is 24.2 Å². The summed E-state index contributed by atoms with van der Waals surface area (Å²) < 4.78 is 2.15. The SMILES string of the molecule is CC(C)NC(=O)C1CCN(Cc2nn(-c3ccccc3)c3c2CCC3)CC1. The highest BCUT2D eigenvalue weighted by Gasteiger charge is 2.28. The van der Waals surface area contributed by atoms with Gasteiger partial charge in [-0.25, -0.2) is 4.68 Å². The van der Waals surface area contributed by atoms with E-state index in [1.165, 1.54) is 23.4 Å². The molecule has 2 heterocycles. The molecule has 0 unspecified atom stereocenters. The van der Waals surface area contributed by atoms with Crippen molar-refractivity contribution in [2.45, 2.75) is 58.5 Å². The van der Waals surface area contributed by atoms with Gasteiger partial charge >= 0.3 is 0 Å². The van der Waals surface area contributed by atoms with E-state index in [1.807, 2.05) is 19.9 Å². The van der Waals surface area contributed by atoms with Crippen LogP contribution in [0, 0.1) is 5.92 Å². The smallest absolute Gasteiger partial charge is 0.223 e. The number of nitrogens with zero attached hydrogens (tertiary/aromatic N) is 3. The van der Waals surface area contributed by atoms with Gasteiger partial charge < -0.3 is 5.32 Å². The molecule has 1 amide bonds. The summed E-state index contributed by atoms with van der Waals surface area (Å²) in [6.45, 7) is 6.90. The number of fused-ring (bicyclic) bond motifs is 1. The third-order valence-electron chi connectivity index (χ3n) is 5.78. The van der Waals surface area contributed by atoms with Gasteiger partial charge in [0.15, 0.2) is 0 Å². The van der Waals surface area contributed by atoms with Crippen molar-refractivity contribution in [3.05, 3.63) is 47.3 Å². The number of benzene rings is 1. The Morgan fingerprint density at radius 3 is 2.63 bits per heavy atom.